The van der Waals surface area contributed by atoms with Crippen molar-refractivity contribution in [2.75, 3.05) is 0 Å². The third-order valence-electron chi connectivity index (χ3n) is 3.54. The molecule has 2 N–H and O–H groups in total. The predicted octanol–water partition coefficient (Wildman–Crippen LogP) is 4.15. The summed E-state index contributed by atoms with van der Waals surface area (Å²) in [6.45, 7) is 4.57. The van der Waals surface area contributed by atoms with Crippen molar-refractivity contribution in [1.29, 1.82) is 0 Å². The number of thiophene rings is 1. The summed E-state index contributed by atoms with van der Waals surface area (Å²) in [5, 5.41) is 9.08. The van der Waals surface area contributed by atoms with Crippen LogP contribution in [0.25, 0.3) is 0 Å². The normalized spacial score (nSPS) is 13.6. The second kappa shape index (κ2) is 8.32. The van der Waals surface area contributed by atoms with Crippen LogP contribution in [0.3, 0.4) is 0 Å². The Kier molecular flexibility index (Phi) is 6.43. The molecule has 1 aromatic heterocycles. The molecule has 0 aliphatic carbocycles. The quantitative estimate of drug-likeness (QED) is 0.797. The summed E-state index contributed by atoms with van der Waals surface area (Å²) in [4.78, 5) is 13.3. The molecule has 0 bridgehead atoms. The van der Waals surface area contributed by atoms with Gasteiger partial charge in [0.25, 0.3) is 0 Å². The Morgan fingerprint density at radius 1 is 1.27 bits per heavy atom. The summed E-state index contributed by atoms with van der Waals surface area (Å²) in [7, 11) is 0. The summed E-state index contributed by atoms with van der Waals surface area (Å²) < 4.78 is 0. The van der Waals surface area contributed by atoms with Crippen molar-refractivity contribution < 1.29 is 4.79 Å². The Morgan fingerprint density at radius 3 is 2.59 bits per heavy atom. The minimum Gasteiger partial charge on any atom is -0.350 e. The number of hydrogen-bond acceptors (Lipinski definition) is 3. The van der Waals surface area contributed by atoms with Gasteiger partial charge in [-0.15, -0.1) is 11.3 Å². The highest BCUT2D eigenvalue weighted by molar-refractivity contribution is 7.09. The largest absolute Gasteiger partial charge is 0.350 e. The average Bonchev–Trinajstić information content (AvgIpc) is 3.04. The van der Waals surface area contributed by atoms with Gasteiger partial charge in [0.15, 0.2) is 0 Å². The fourth-order valence-corrected chi connectivity index (χ4v) is 3.03. The van der Waals surface area contributed by atoms with Crippen molar-refractivity contribution in [2.45, 2.75) is 38.9 Å². The van der Waals surface area contributed by atoms with E-state index in [4.69, 9.17) is 11.6 Å². The fraction of sp³-hybridized carbons (Fsp3) is 0.353. The zero-order chi connectivity index (χ0) is 15.9. The van der Waals surface area contributed by atoms with Gasteiger partial charge in [-0.2, -0.15) is 0 Å². The number of carbonyl (C=O) groups excluding carboxylic acids is 1. The lowest BCUT2D eigenvalue weighted by molar-refractivity contribution is -0.123. The zero-order valence-electron chi connectivity index (χ0n) is 12.8. The van der Waals surface area contributed by atoms with E-state index in [9.17, 15) is 4.79 Å². The Balaban J connectivity index is 1.89. The van der Waals surface area contributed by atoms with Gasteiger partial charge in [0.1, 0.15) is 0 Å². The highest BCUT2D eigenvalue weighted by Crippen LogP contribution is 2.19. The van der Waals surface area contributed by atoms with E-state index >= 15 is 0 Å². The molecule has 1 aromatic carbocycles. The number of hydrogen-bond donors (Lipinski definition) is 2. The first-order valence-corrected chi connectivity index (χ1v) is 8.67. The van der Waals surface area contributed by atoms with Gasteiger partial charge in [0.2, 0.25) is 5.91 Å². The Bertz CT molecular complexity index is 583. The van der Waals surface area contributed by atoms with Gasteiger partial charge < -0.3 is 5.32 Å². The topological polar surface area (TPSA) is 41.1 Å². The van der Waals surface area contributed by atoms with Crippen LogP contribution in [0.4, 0.5) is 0 Å². The van der Waals surface area contributed by atoms with Gasteiger partial charge in [-0.25, -0.2) is 0 Å². The first kappa shape index (κ1) is 17.0. The van der Waals surface area contributed by atoms with E-state index in [1.54, 1.807) is 11.3 Å². The molecular formula is C17H21ClN2OS. The molecule has 5 heteroatoms. The molecule has 1 heterocycles. The monoisotopic (exact) mass is 336 g/mol. The van der Waals surface area contributed by atoms with Crippen LogP contribution < -0.4 is 10.6 Å². The van der Waals surface area contributed by atoms with Crippen molar-refractivity contribution in [3.8, 4) is 0 Å². The fourth-order valence-electron chi connectivity index (χ4n) is 2.26. The lowest BCUT2D eigenvalue weighted by atomic mass is 10.0. The number of benzene rings is 1. The third-order valence-corrected chi connectivity index (χ3v) is 4.67. The highest BCUT2D eigenvalue weighted by atomic mass is 35.5. The molecule has 0 aliphatic heterocycles. The molecule has 118 valence electrons. The average molecular weight is 337 g/mol. The standard InChI is InChI=1S/C17H21ClN2OS/c1-3-16(13-6-8-14(18)9-7-13)20-12(2)17(21)19-11-15-5-4-10-22-15/h4-10,12,16,20H,3,11H2,1-2H3,(H,19,21)/t12-,16+/m0/s1. The second-order valence-corrected chi connectivity index (χ2v) is 6.67. The maximum absolute atomic E-state index is 12.2. The van der Waals surface area contributed by atoms with Crippen molar-refractivity contribution in [3.05, 3.63) is 57.2 Å². The molecular weight excluding hydrogens is 316 g/mol. The molecule has 0 saturated carbocycles. The van der Waals surface area contributed by atoms with E-state index < -0.39 is 0 Å². The van der Waals surface area contributed by atoms with E-state index in [0.29, 0.717) is 6.54 Å². The molecule has 22 heavy (non-hydrogen) atoms. The first-order chi connectivity index (χ1) is 10.6. The molecule has 0 spiro atoms. The van der Waals surface area contributed by atoms with E-state index in [2.05, 4.69) is 17.6 Å². The van der Waals surface area contributed by atoms with Crippen molar-refractivity contribution in [1.82, 2.24) is 10.6 Å². The summed E-state index contributed by atoms with van der Waals surface area (Å²) >= 11 is 7.57. The van der Waals surface area contributed by atoms with Crippen LogP contribution in [0.15, 0.2) is 41.8 Å². The molecule has 0 fully saturated rings. The molecule has 0 unspecified atom stereocenters. The van der Waals surface area contributed by atoms with Gasteiger partial charge in [0, 0.05) is 15.9 Å². The lowest BCUT2D eigenvalue weighted by Gasteiger charge is -2.22. The molecule has 2 rings (SSSR count). The Hall–Kier alpha value is -1.36. The SMILES string of the molecule is CC[C@@H](N[C@@H](C)C(=O)NCc1cccs1)c1ccc(Cl)cc1. The van der Waals surface area contributed by atoms with Crippen LogP contribution in [0.1, 0.15) is 36.8 Å². The van der Waals surface area contributed by atoms with Crippen LogP contribution in [0.5, 0.6) is 0 Å². The third kappa shape index (κ3) is 4.83. The maximum atomic E-state index is 12.2. The molecule has 3 nitrogen and oxygen atoms in total. The molecule has 2 atom stereocenters. The summed E-state index contributed by atoms with van der Waals surface area (Å²) in [5.41, 5.74) is 1.14. The smallest absolute Gasteiger partial charge is 0.237 e. The number of halogens is 1. The van der Waals surface area contributed by atoms with Crippen LogP contribution in [0, 0.1) is 0 Å². The van der Waals surface area contributed by atoms with E-state index in [-0.39, 0.29) is 18.0 Å². The first-order valence-electron chi connectivity index (χ1n) is 7.41. The van der Waals surface area contributed by atoms with E-state index in [1.807, 2.05) is 48.7 Å². The number of nitrogens with one attached hydrogen (secondary N) is 2. The highest BCUT2D eigenvalue weighted by Gasteiger charge is 2.17. The van der Waals surface area contributed by atoms with Gasteiger partial charge in [-0.3, -0.25) is 10.1 Å². The van der Waals surface area contributed by atoms with Crippen LogP contribution in [-0.4, -0.2) is 11.9 Å². The zero-order valence-corrected chi connectivity index (χ0v) is 14.4. The number of amides is 1. The molecule has 1 amide bonds. The van der Waals surface area contributed by atoms with E-state index in [1.165, 1.54) is 0 Å². The van der Waals surface area contributed by atoms with Gasteiger partial charge >= 0.3 is 0 Å². The van der Waals surface area contributed by atoms with Crippen LogP contribution >= 0.6 is 22.9 Å². The minimum absolute atomic E-state index is 0.0146. The summed E-state index contributed by atoms with van der Waals surface area (Å²) in [6, 6.07) is 11.7. The molecule has 0 saturated heterocycles. The predicted molar refractivity (Wildman–Crippen MR) is 93.2 cm³/mol. The van der Waals surface area contributed by atoms with Crippen LogP contribution in [0.2, 0.25) is 5.02 Å². The van der Waals surface area contributed by atoms with Gasteiger partial charge in [0.05, 0.1) is 12.6 Å². The van der Waals surface area contributed by atoms with Crippen molar-refractivity contribution >= 4 is 28.8 Å². The second-order valence-electron chi connectivity index (χ2n) is 5.20. The lowest BCUT2D eigenvalue weighted by Crippen LogP contribution is -2.43. The van der Waals surface area contributed by atoms with Gasteiger partial charge in [-0.05, 0) is 42.5 Å². The Morgan fingerprint density at radius 2 is 2.00 bits per heavy atom. The van der Waals surface area contributed by atoms with Crippen LogP contribution in [-0.2, 0) is 11.3 Å². The van der Waals surface area contributed by atoms with Gasteiger partial charge in [-0.1, -0.05) is 36.7 Å². The minimum atomic E-state index is -0.249. The molecule has 2 aromatic rings. The van der Waals surface area contributed by atoms with Crippen molar-refractivity contribution in [3.63, 3.8) is 0 Å². The summed E-state index contributed by atoms with van der Waals surface area (Å²) in [6.07, 6.45) is 0.907. The molecule has 0 radical (unpaired) electrons. The number of carbonyl (C=O) groups is 1. The Labute approximate surface area is 140 Å². The summed E-state index contributed by atoms with van der Waals surface area (Å²) in [5.74, 6) is 0.0146. The number of rotatable bonds is 7. The molecule has 0 aliphatic rings. The maximum Gasteiger partial charge on any atom is 0.237 e. The van der Waals surface area contributed by atoms with E-state index in [0.717, 1.165) is 21.9 Å². The van der Waals surface area contributed by atoms with Crippen molar-refractivity contribution in [2.24, 2.45) is 0 Å².